The topological polar surface area (TPSA) is 69.6 Å². The van der Waals surface area contributed by atoms with Gasteiger partial charge in [-0.1, -0.05) is 26.0 Å². The normalized spacial score (nSPS) is 21.8. The first kappa shape index (κ1) is 14.4. The summed E-state index contributed by atoms with van der Waals surface area (Å²) in [6.07, 6.45) is 0. The molecule has 5 nitrogen and oxygen atoms in total. The number of carboxylic acids is 1. The van der Waals surface area contributed by atoms with Crippen molar-refractivity contribution in [2.45, 2.75) is 20.4 Å². The maximum absolute atomic E-state index is 12.0. The van der Waals surface area contributed by atoms with E-state index in [0.717, 1.165) is 18.7 Å². The van der Waals surface area contributed by atoms with Crippen molar-refractivity contribution in [3.05, 3.63) is 35.4 Å². The Morgan fingerprint density at radius 2 is 1.95 bits per heavy atom. The van der Waals surface area contributed by atoms with Gasteiger partial charge in [0.05, 0.1) is 5.56 Å². The minimum absolute atomic E-state index is 0.0815. The van der Waals surface area contributed by atoms with Crippen LogP contribution in [0.5, 0.6) is 0 Å². The first-order chi connectivity index (χ1) is 9.47. The number of amides is 2. The molecule has 2 N–H and O–H groups in total. The fraction of sp³-hybridized carbons (Fsp3) is 0.467. The number of likely N-dealkylation sites (tertiary alicyclic amines) is 1. The molecule has 20 heavy (non-hydrogen) atoms. The van der Waals surface area contributed by atoms with E-state index < -0.39 is 5.97 Å². The van der Waals surface area contributed by atoms with Gasteiger partial charge in [0, 0.05) is 19.6 Å². The molecule has 0 radical (unpaired) electrons. The molecular formula is C15H20N2O3. The Morgan fingerprint density at radius 3 is 2.55 bits per heavy atom. The number of aromatic carboxylic acids is 1. The van der Waals surface area contributed by atoms with Crippen LogP contribution >= 0.6 is 0 Å². The summed E-state index contributed by atoms with van der Waals surface area (Å²) in [6, 6.07) is 6.53. The molecule has 1 aliphatic heterocycles. The second-order valence-electron chi connectivity index (χ2n) is 5.52. The Hall–Kier alpha value is -2.04. The van der Waals surface area contributed by atoms with E-state index in [2.05, 4.69) is 19.2 Å². The number of carbonyl (C=O) groups excluding carboxylic acids is 1. The van der Waals surface area contributed by atoms with Gasteiger partial charge in [-0.2, -0.15) is 0 Å². The van der Waals surface area contributed by atoms with Gasteiger partial charge in [-0.15, -0.1) is 0 Å². The first-order valence-electron chi connectivity index (χ1n) is 6.82. The van der Waals surface area contributed by atoms with Gasteiger partial charge >= 0.3 is 12.0 Å². The van der Waals surface area contributed by atoms with E-state index in [0.29, 0.717) is 18.4 Å². The van der Waals surface area contributed by atoms with Gasteiger partial charge in [-0.25, -0.2) is 9.59 Å². The van der Waals surface area contributed by atoms with Gasteiger partial charge in [0.1, 0.15) is 0 Å². The lowest BCUT2D eigenvalue weighted by molar-refractivity contribution is 0.0696. The molecule has 0 spiro atoms. The van der Waals surface area contributed by atoms with Gasteiger partial charge in [-0.05, 0) is 29.5 Å². The third kappa shape index (κ3) is 3.29. The number of nitrogens with one attached hydrogen (secondary N) is 1. The summed E-state index contributed by atoms with van der Waals surface area (Å²) in [5, 5.41) is 11.8. The zero-order valence-electron chi connectivity index (χ0n) is 11.8. The molecule has 0 aromatic heterocycles. The Bertz CT molecular complexity index is 506. The van der Waals surface area contributed by atoms with Gasteiger partial charge in [-0.3, -0.25) is 0 Å². The fourth-order valence-corrected chi connectivity index (χ4v) is 2.40. The molecule has 0 bridgehead atoms. The van der Waals surface area contributed by atoms with E-state index in [1.807, 2.05) is 11.0 Å². The largest absolute Gasteiger partial charge is 0.478 e. The maximum Gasteiger partial charge on any atom is 0.335 e. The molecule has 1 fully saturated rings. The van der Waals surface area contributed by atoms with Crippen LogP contribution in [0.3, 0.4) is 0 Å². The van der Waals surface area contributed by atoms with E-state index in [4.69, 9.17) is 5.11 Å². The highest BCUT2D eigenvalue weighted by molar-refractivity contribution is 5.87. The Morgan fingerprint density at radius 1 is 1.30 bits per heavy atom. The van der Waals surface area contributed by atoms with E-state index in [1.54, 1.807) is 12.1 Å². The fourth-order valence-electron chi connectivity index (χ4n) is 2.40. The minimum atomic E-state index is -0.958. The number of carboxylic acid groups (broad SMARTS) is 1. The summed E-state index contributed by atoms with van der Waals surface area (Å²) in [7, 11) is 0. The summed E-state index contributed by atoms with van der Waals surface area (Å²) >= 11 is 0. The highest BCUT2D eigenvalue weighted by atomic mass is 16.4. The SMILES string of the molecule is CC1CN(C(=O)NCc2cccc(C(=O)O)c2)CC1C. The van der Waals surface area contributed by atoms with Gasteiger partial charge in [0.15, 0.2) is 0 Å². The first-order valence-corrected chi connectivity index (χ1v) is 6.82. The number of urea groups is 1. The molecule has 1 saturated heterocycles. The standard InChI is InChI=1S/C15H20N2O3/c1-10-8-17(9-11(10)2)15(20)16-7-12-4-3-5-13(6-12)14(18)19/h3-6,10-11H,7-9H2,1-2H3,(H,16,20)(H,18,19). The molecule has 5 heteroatoms. The summed E-state index contributed by atoms with van der Waals surface area (Å²) < 4.78 is 0. The summed E-state index contributed by atoms with van der Waals surface area (Å²) in [5.41, 5.74) is 1.03. The summed E-state index contributed by atoms with van der Waals surface area (Å²) in [6.45, 7) is 6.20. The molecule has 2 unspecified atom stereocenters. The van der Waals surface area contributed by atoms with Crippen molar-refractivity contribution in [1.29, 1.82) is 0 Å². The lowest BCUT2D eigenvalue weighted by atomic mass is 10.0. The average Bonchev–Trinajstić information content (AvgIpc) is 2.76. The van der Waals surface area contributed by atoms with Crippen LogP contribution in [0.25, 0.3) is 0 Å². The molecule has 2 rings (SSSR count). The molecule has 0 aliphatic carbocycles. The van der Waals surface area contributed by atoms with E-state index >= 15 is 0 Å². The van der Waals surface area contributed by atoms with Crippen LogP contribution in [0, 0.1) is 11.8 Å². The number of hydrogen-bond acceptors (Lipinski definition) is 2. The third-order valence-corrected chi connectivity index (χ3v) is 3.89. The highest BCUT2D eigenvalue weighted by Gasteiger charge is 2.29. The second kappa shape index (κ2) is 5.94. The number of nitrogens with zero attached hydrogens (tertiary/aromatic N) is 1. The smallest absolute Gasteiger partial charge is 0.335 e. The van der Waals surface area contributed by atoms with Gasteiger partial charge in [0.2, 0.25) is 0 Å². The predicted octanol–water partition coefficient (Wildman–Crippen LogP) is 2.18. The molecule has 1 heterocycles. The second-order valence-corrected chi connectivity index (χ2v) is 5.52. The Balaban J connectivity index is 1.90. The van der Waals surface area contributed by atoms with Gasteiger partial charge in [0.25, 0.3) is 0 Å². The Labute approximate surface area is 118 Å². The monoisotopic (exact) mass is 276 g/mol. The summed E-state index contributed by atoms with van der Waals surface area (Å²) in [5.74, 6) is 0.0903. The van der Waals surface area contributed by atoms with Crippen LogP contribution in [0.1, 0.15) is 29.8 Å². The Kier molecular flexibility index (Phi) is 4.27. The van der Waals surface area contributed by atoms with Crippen molar-refractivity contribution in [2.24, 2.45) is 11.8 Å². The van der Waals surface area contributed by atoms with Crippen LogP contribution < -0.4 is 5.32 Å². The molecule has 1 aromatic rings. The molecule has 2 atom stereocenters. The van der Waals surface area contributed by atoms with Crippen molar-refractivity contribution >= 4 is 12.0 Å². The average molecular weight is 276 g/mol. The van der Waals surface area contributed by atoms with E-state index in [1.165, 1.54) is 6.07 Å². The highest BCUT2D eigenvalue weighted by Crippen LogP contribution is 2.21. The number of hydrogen-bond donors (Lipinski definition) is 2. The molecule has 2 amide bonds. The zero-order chi connectivity index (χ0) is 14.7. The van der Waals surface area contributed by atoms with Crippen molar-refractivity contribution in [1.82, 2.24) is 10.2 Å². The summed E-state index contributed by atoms with van der Waals surface area (Å²) in [4.78, 5) is 24.7. The van der Waals surface area contributed by atoms with Crippen molar-refractivity contribution in [2.75, 3.05) is 13.1 Å². The van der Waals surface area contributed by atoms with Crippen molar-refractivity contribution < 1.29 is 14.7 Å². The molecular weight excluding hydrogens is 256 g/mol. The molecule has 1 aromatic carbocycles. The predicted molar refractivity (Wildman–Crippen MR) is 75.5 cm³/mol. The number of rotatable bonds is 3. The molecule has 108 valence electrons. The van der Waals surface area contributed by atoms with Crippen LogP contribution in [0.15, 0.2) is 24.3 Å². The lowest BCUT2D eigenvalue weighted by Crippen LogP contribution is -2.38. The van der Waals surface area contributed by atoms with E-state index in [-0.39, 0.29) is 11.6 Å². The maximum atomic E-state index is 12.0. The quantitative estimate of drug-likeness (QED) is 0.889. The molecule has 1 aliphatic rings. The van der Waals surface area contributed by atoms with Crippen LogP contribution in [-0.4, -0.2) is 35.1 Å². The number of carbonyl (C=O) groups is 2. The zero-order valence-corrected chi connectivity index (χ0v) is 11.8. The van der Waals surface area contributed by atoms with Crippen LogP contribution in [0.4, 0.5) is 4.79 Å². The van der Waals surface area contributed by atoms with Gasteiger partial charge < -0.3 is 15.3 Å². The lowest BCUT2D eigenvalue weighted by Gasteiger charge is -2.17. The van der Waals surface area contributed by atoms with Crippen LogP contribution in [-0.2, 0) is 6.54 Å². The van der Waals surface area contributed by atoms with E-state index in [9.17, 15) is 9.59 Å². The van der Waals surface area contributed by atoms with Crippen molar-refractivity contribution in [3.63, 3.8) is 0 Å². The third-order valence-electron chi connectivity index (χ3n) is 3.89. The number of benzene rings is 1. The van der Waals surface area contributed by atoms with Crippen molar-refractivity contribution in [3.8, 4) is 0 Å². The molecule has 0 saturated carbocycles. The minimum Gasteiger partial charge on any atom is -0.478 e. The van der Waals surface area contributed by atoms with Crippen LogP contribution in [0.2, 0.25) is 0 Å².